The predicted molar refractivity (Wildman–Crippen MR) is 83.1 cm³/mol. The molecule has 0 spiro atoms. The number of amides is 2. The molecule has 2 aromatic heterocycles. The Morgan fingerprint density at radius 2 is 2.23 bits per heavy atom. The number of benzene rings is 1. The maximum atomic E-state index is 11.1. The van der Waals surface area contributed by atoms with Crippen LogP contribution in [0.25, 0.3) is 22.3 Å². The number of nitrogens with one attached hydrogen (secondary N) is 2. The number of fused-ring (bicyclic) bond motifs is 2. The van der Waals surface area contributed by atoms with Gasteiger partial charge in [0, 0.05) is 17.1 Å². The van der Waals surface area contributed by atoms with Crippen molar-refractivity contribution in [2.45, 2.75) is 18.9 Å². The fourth-order valence-corrected chi connectivity index (χ4v) is 3.17. The topological polar surface area (TPSA) is 96.7 Å². The number of rotatable bonds is 2. The first kappa shape index (κ1) is 12.8. The van der Waals surface area contributed by atoms with Crippen LogP contribution >= 0.6 is 0 Å². The van der Waals surface area contributed by atoms with E-state index in [1.54, 1.807) is 6.33 Å². The van der Waals surface area contributed by atoms with Gasteiger partial charge in [0.05, 0.1) is 11.7 Å². The zero-order chi connectivity index (χ0) is 15.1. The molecule has 0 bridgehead atoms. The van der Waals surface area contributed by atoms with Gasteiger partial charge in [-0.05, 0) is 36.1 Å². The Morgan fingerprint density at radius 3 is 3.09 bits per heavy atom. The summed E-state index contributed by atoms with van der Waals surface area (Å²) in [5.74, 6) is 0. The lowest BCUT2D eigenvalue weighted by molar-refractivity contribution is 0.245. The molecule has 4 rings (SSSR count). The van der Waals surface area contributed by atoms with Crippen molar-refractivity contribution in [3.8, 4) is 11.3 Å². The van der Waals surface area contributed by atoms with Gasteiger partial charge in [0.1, 0.15) is 12.0 Å². The number of hydrogen-bond acceptors (Lipinski definition) is 3. The number of urea groups is 1. The van der Waals surface area contributed by atoms with Crippen LogP contribution in [0.2, 0.25) is 0 Å². The molecule has 1 aliphatic carbocycles. The van der Waals surface area contributed by atoms with Crippen LogP contribution in [0.15, 0.2) is 36.8 Å². The van der Waals surface area contributed by atoms with Crippen LogP contribution in [0, 0.1) is 0 Å². The molecule has 2 amide bonds. The normalized spacial score (nSPS) is 16.6. The molecule has 2 heterocycles. The van der Waals surface area contributed by atoms with E-state index in [1.165, 1.54) is 5.56 Å². The molecule has 0 aliphatic heterocycles. The van der Waals surface area contributed by atoms with Crippen molar-refractivity contribution >= 4 is 17.1 Å². The van der Waals surface area contributed by atoms with Crippen LogP contribution in [0.3, 0.4) is 0 Å². The number of nitrogens with two attached hydrogens (primary N) is 1. The Kier molecular flexibility index (Phi) is 2.82. The van der Waals surface area contributed by atoms with E-state index in [2.05, 4.69) is 38.5 Å². The minimum atomic E-state index is -0.488. The van der Waals surface area contributed by atoms with Gasteiger partial charge in [-0.1, -0.05) is 12.1 Å². The molecule has 0 saturated carbocycles. The molecule has 22 heavy (non-hydrogen) atoms. The fourth-order valence-electron chi connectivity index (χ4n) is 3.17. The summed E-state index contributed by atoms with van der Waals surface area (Å²) in [6.07, 6.45) is 5.24. The lowest BCUT2D eigenvalue weighted by Crippen LogP contribution is -2.32. The highest BCUT2D eigenvalue weighted by atomic mass is 16.2. The Bertz CT molecular complexity index is 870. The first-order chi connectivity index (χ1) is 10.7. The summed E-state index contributed by atoms with van der Waals surface area (Å²) >= 11 is 0. The SMILES string of the molecule is NC(=O)N[C@H]1CCc2ccc(-c3ncnc4[nH]ccc34)cc21. The highest BCUT2D eigenvalue weighted by Crippen LogP contribution is 2.35. The fraction of sp³-hybridized carbons (Fsp3) is 0.188. The number of H-pyrrole nitrogens is 1. The van der Waals surface area contributed by atoms with Gasteiger partial charge in [0.25, 0.3) is 0 Å². The second kappa shape index (κ2) is 4.84. The molecule has 0 unspecified atom stereocenters. The highest BCUT2D eigenvalue weighted by Gasteiger charge is 2.24. The van der Waals surface area contributed by atoms with E-state index in [4.69, 9.17) is 5.73 Å². The summed E-state index contributed by atoms with van der Waals surface area (Å²) in [4.78, 5) is 22.9. The van der Waals surface area contributed by atoms with Gasteiger partial charge in [-0.15, -0.1) is 0 Å². The summed E-state index contributed by atoms with van der Waals surface area (Å²) in [5.41, 5.74) is 10.4. The zero-order valence-electron chi connectivity index (χ0n) is 11.8. The quantitative estimate of drug-likeness (QED) is 0.676. The number of hydrogen-bond donors (Lipinski definition) is 3. The molecule has 1 aliphatic rings. The second-order valence-electron chi connectivity index (χ2n) is 5.48. The molecule has 0 fully saturated rings. The number of carbonyl (C=O) groups is 1. The Labute approximate surface area is 126 Å². The minimum Gasteiger partial charge on any atom is -0.352 e. The third-order valence-electron chi connectivity index (χ3n) is 4.17. The first-order valence-electron chi connectivity index (χ1n) is 7.19. The lowest BCUT2D eigenvalue weighted by Gasteiger charge is -2.13. The maximum absolute atomic E-state index is 11.1. The van der Waals surface area contributed by atoms with Crippen molar-refractivity contribution in [2.75, 3.05) is 0 Å². The molecular formula is C16H15N5O. The second-order valence-corrected chi connectivity index (χ2v) is 5.48. The van der Waals surface area contributed by atoms with Crippen LogP contribution < -0.4 is 11.1 Å². The minimum absolute atomic E-state index is 0.0176. The monoisotopic (exact) mass is 293 g/mol. The van der Waals surface area contributed by atoms with E-state index in [9.17, 15) is 4.79 Å². The molecule has 4 N–H and O–H groups in total. The van der Waals surface area contributed by atoms with Crippen molar-refractivity contribution in [2.24, 2.45) is 5.73 Å². The van der Waals surface area contributed by atoms with E-state index >= 15 is 0 Å². The van der Waals surface area contributed by atoms with Crippen molar-refractivity contribution in [3.05, 3.63) is 47.9 Å². The molecule has 1 aromatic carbocycles. The van der Waals surface area contributed by atoms with Gasteiger partial charge in [0.15, 0.2) is 0 Å². The molecule has 0 radical (unpaired) electrons. The van der Waals surface area contributed by atoms with Gasteiger partial charge in [-0.3, -0.25) is 0 Å². The summed E-state index contributed by atoms with van der Waals surface area (Å²) in [7, 11) is 0. The van der Waals surface area contributed by atoms with Gasteiger partial charge in [-0.2, -0.15) is 0 Å². The average molecular weight is 293 g/mol. The average Bonchev–Trinajstić information content (AvgIpc) is 3.13. The Hall–Kier alpha value is -2.89. The summed E-state index contributed by atoms with van der Waals surface area (Å²) < 4.78 is 0. The molecule has 1 atom stereocenters. The maximum Gasteiger partial charge on any atom is 0.312 e. The van der Waals surface area contributed by atoms with Crippen molar-refractivity contribution < 1.29 is 4.79 Å². The first-order valence-corrected chi connectivity index (χ1v) is 7.19. The van der Waals surface area contributed by atoms with Gasteiger partial charge >= 0.3 is 6.03 Å². The van der Waals surface area contributed by atoms with E-state index in [1.807, 2.05) is 12.3 Å². The molecular weight excluding hydrogens is 278 g/mol. The zero-order valence-corrected chi connectivity index (χ0v) is 11.8. The lowest BCUT2D eigenvalue weighted by atomic mass is 10.0. The Morgan fingerprint density at radius 1 is 1.32 bits per heavy atom. The molecule has 3 aromatic rings. The summed E-state index contributed by atoms with van der Waals surface area (Å²) in [6.45, 7) is 0. The van der Waals surface area contributed by atoms with E-state index in [0.717, 1.165) is 40.7 Å². The number of carbonyl (C=O) groups excluding carboxylic acids is 1. The predicted octanol–water partition coefficient (Wildman–Crippen LogP) is 2.28. The molecule has 110 valence electrons. The van der Waals surface area contributed by atoms with E-state index < -0.39 is 6.03 Å². The smallest absolute Gasteiger partial charge is 0.312 e. The van der Waals surface area contributed by atoms with Crippen molar-refractivity contribution in [1.29, 1.82) is 0 Å². The van der Waals surface area contributed by atoms with Gasteiger partial charge in [-0.25, -0.2) is 14.8 Å². The van der Waals surface area contributed by atoms with E-state index in [0.29, 0.717) is 0 Å². The number of aryl methyl sites for hydroxylation is 1. The highest BCUT2D eigenvalue weighted by molar-refractivity contribution is 5.90. The van der Waals surface area contributed by atoms with Gasteiger partial charge in [0.2, 0.25) is 0 Å². The van der Waals surface area contributed by atoms with Crippen molar-refractivity contribution in [3.63, 3.8) is 0 Å². The Balaban J connectivity index is 1.81. The third kappa shape index (κ3) is 2.00. The molecule has 0 saturated heterocycles. The third-order valence-corrected chi connectivity index (χ3v) is 4.17. The summed E-state index contributed by atoms with van der Waals surface area (Å²) in [5, 5.41) is 3.79. The standard InChI is InChI=1S/C16H15N5O/c17-16(22)21-13-4-3-9-1-2-10(7-12(9)13)14-11-5-6-18-15(11)20-8-19-14/h1-2,5-8,13H,3-4H2,(H3,17,21,22)(H,18,19,20)/t13-/m0/s1. The summed E-state index contributed by atoms with van der Waals surface area (Å²) in [6, 6.07) is 7.73. The number of aromatic nitrogens is 3. The molecule has 6 heteroatoms. The van der Waals surface area contributed by atoms with Crippen LogP contribution in [-0.4, -0.2) is 21.0 Å². The number of nitrogens with zero attached hydrogens (tertiary/aromatic N) is 2. The van der Waals surface area contributed by atoms with Crippen LogP contribution in [0.5, 0.6) is 0 Å². The number of aromatic amines is 1. The largest absolute Gasteiger partial charge is 0.352 e. The van der Waals surface area contributed by atoms with Crippen LogP contribution in [-0.2, 0) is 6.42 Å². The van der Waals surface area contributed by atoms with Crippen molar-refractivity contribution in [1.82, 2.24) is 20.3 Å². The van der Waals surface area contributed by atoms with Gasteiger partial charge < -0.3 is 16.0 Å². The van der Waals surface area contributed by atoms with Crippen LogP contribution in [0.1, 0.15) is 23.6 Å². The molecule has 6 nitrogen and oxygen atoms in total. The van der Waals surface area contributed by atoms with Crippen LogP contribution in [0.4, 0.5) is 4.79 Å². The number of primary amides is 1. The van der Waals surface area contributed by atoms with E-state index in [-0.39, 0.29) is 6.04 Å².